The molecule has 0 aliphatic heterocycles. The monoisotopic (exact) mass is 503 g/mol. The Balaban J connectivity index is 2.08. The maximum absolute atomic E-state index is 13.1. The first-order chi connectivity index (χ1) is 17.6. The van der Waals surface area contributed by atoms with Crippen LogP contribution in [0, 0.1) is 18.8 Å². The van der Waals surface area contributed by atoms with Crippen LogP contribution in [-0.2, 0) is 0 Å². The average Bonchev–Trinajstić information content (AvgIpc) is 2.84. The van der Waals surface area contributed by atoms with E-state index >= 15 is 0 Å². The number of nitrogens with one attached hydrogen (secondary N) is 2. The minimum absolute atomic E-state index is 0.157. The molecule has 0 atom stereocenters. The van der Waals surface area contributed by atoms with Gasteiger partial charge < -0.3 is 25.4 Å². The average molecular weight is 504 g/mol. The van der Waals surface area contributed by atoms with Crippen molar-refractivity contribution >= 4 is 29.1 Å². The minimum atomic E-state index is -1.03. The molecule has 3 rings (SSSR count). The second-order valence-electron chi connectivity index (χ2n) is 10.1. The number of benzene rings is 3. The lowest BCUT2D eigenvalue weighted by molar-refractivity contribution is 0.0697. The zero-order chi connectivity index (χ0) is 27.1. The molecule has 0 aliphatic rings. The lowest BCUT2D eigenvalue weighted by Gasteiger charge is -2.31. The van der Waals surface area contributed by atoms with Crippen LogP contribution >= 0.6 is 0 Å². The number of hydrogen-bond acceptors (Lipinski definition) is 4. The summed E-state index contributed by atoms with van der Waals surface area (Å²) in [7, 11) is 1.54. The Labute approximate surface area is 219 Å². The van der Waals surface area contributed by atoms with Gasteiger partial charge in [-0.2, -0.15) is 0 Å². The first-order valence-corrected chi connectivity index (χ1v) is 12.5. The molecule has 3 aromatic rings. The number of aryl methyl sites for hydroxylation is 1. The first kappa shape index (κ1) is 27.6. The maximum atomic E-state index is 13.1. The number of amides is 2. The van der Waals surface area contributed by atoms with Crippen LogP contribution in [0.4, 0.5) is 21.9 Å². The molecular weight excluding hydrogens is 466 g/mol. The van der Waals surface area contributed by atoms with Crippen LogP contribution in [-0.4, -0.2) is 37.3 Å². The molecule has 0 fully saturated rings. The molecule has 0 aliphatic carbocycles. The number of carbonyl (C=O) groups excluding carboxylic acids is 1. The molecule has 3 aromatic carbocycles. The number of urea groups is 1. The fourth-order valence-corrected chi connectivity index (χ4v) is 4.23. The number of ether oxygens (including phenoxy) is 1. The molecule has 0 aromatic heterocycles. The molecule has 7 heteroatoms. The van der Waals surface area contributed by atoms with Crippen molar-refractivity contribution in [3.05, 3.63) is 71.8 Å². The standard InChI is InChI=1S/C30H37N3O4/c1-19(2)17-33(18-20(3)4)28-14-9-22(26-16-24(37-6)12-13-25(26)29(34)35)15-27(28)32-30(36)31-23-10-7-21(5)8-11-23/h7-16,19-20H,17-18H2,1-6H3,(H,34,35)(H2,31,32,36). The second kappa shape index (κ2) is 12.3. The van der Waals surface area contributed by atoms with Gasteiger partial charge in [-0.05, 0) is 72.4 Å². The summed E-state index contributed by atoms with van der Waals surface area (Å²) in [6, 6.07) is 17.7. The fourth-order valence-electron chi connectivity index (χ4n) is 4.23. The number of hydrogen-bond donors (Lipinski definition) is 3. The quantitative estimate of drug-likeness (QED) is 0.274. The van der Waals surface area contributed by atoms with Gasteiger partial charge >= 0.3 is 12.0 Å². The van der Waals surface area contributed by atoms with Crippen LogP contribution < -0.4 is 20.3 Å². The van der Waals surface area contributed by atoms with Gasteiger partial charge in [0.25, 0.3) is 0 Å². The Kier molecular flexibility index (Phi) is 9.17. The van der Waals surface area contributed by atoms with Crippen LogP contribution in [0.15, 0.2) is 60.7 Å². The van der Waals surface area contributed by atoms with Crippen molar-refractivity contribution in [3.63, 3.8) is 0 Å². The van der Waals surface area contributed by atoms with Crippen LogP contribution in [0.3, 0.4) is 0 Å². The van der Waals surface area contributed by atoms with Gasteiger partial charge in [-0.3, -0.25) is 0 Å². The van der Waals surface area contributed by atoms with E-state index in [1.165, 1.54) is 6.07 Å². The van der Waals surface area contributed by atoms with E-state index in [2.05, 4.69) is 43.2 Å². The van der Waals surface area contributed by atoms with Gasteiger partial charge in [0.1, 0.15) is 5.75 Å². The van der Waals surface area contributed by atoms with E-state index < -0.39 is 5.97 Å². The Morgan fingerprint density at radius 3 is 2.11 bits per heavy atom. The SMILES string of the molecule is COc1ccc(C(=O)O)c(-c2ccc(N(CC(C)C)CC(C)C)c(NC(=O)Nc3ccc(C)cc3)c2)c1. The number of methoxy groups -OCH3 is 1. The predicted molar refractivity (Wildman–Crippen MR) is 151 cm³/mol. The summed E-state index contributed by atoms with van der Waals surface area (Å²) >= 11 is 0. The van der Waals surface area contributed by atoms with Gasteiger partial charge in [0.05, 0.1) is 24.0 Å². The number of anilines is 3. The third-order valence-electron chi connectivity index (χ3n) is 5.83. The number of aromatic carboxylic acids is 1. The third-order valence-corrected chi connectivity index (χ3v) is 5.83. The van der Waals surface area contributed by atoms with Crippen molar-refractivity contribution in [2.24, 2.45) is 11.8 Å². The van der Waals surface area contributed by atoms with E-state index in [1.54, 1.807) is 19.2 Å². The molecule has 2 amide bonds. The highest BCUT2D eigenvalue weighted by atomic mass is 16.5. The Hall–Kier alpha value is -4.00. The molecule has 7 nitrogen and oxygen atoms in total. The first-order valence-electron chi connectivity index (χ1n) is 12.5. The Morgan fingerprint density at radius 2 is 1.54 bits per heavy atom. The molecule has 0 radical (unpaired) electrons. The summed E-state index contributed by atoms with van der Waals surface area (Å²) in [6.07, 6.45) is 0. The van der Waals surface area contributed by atoms with Gasteiger partial charge in [0.2, 0.25) is 0 Å². The summed E-state index contributed by atoms with van der Waals surface area (Å²) in [6.45, 7) is 12.3. The molecule has 0 saturated heterocycles. The number of carboxylic acid groups (broad SMARTS) is 1. The maximum Gasteiger partial charge on any atom is 0.336 e. The van der Waals surface area contributed by atoms with Crippen molar-refractivity contribution in [3.8, 4) is 16.9 Å². The summed E-state index contributed by atoms with van der Waals surface area (Å²) < 4.78 is 5.35. The molecule has 0 spiro atoms. The van der Waals surface area contributed by atoms with E-state index in [1.807, 2.05) is 49.4 Å². The zero-order valence-electron chi connectivity index (χ0n) is 22.5. The van der Waals surface area contributed by atoms with Gasteiger partial charge in [0, 0.05) is 18.8 Å². The molecule has 0 unspecified atom stereocenters. The summed E-state index contributed by atoms with van der Waals surface area (Å²) in [5, 5.41) is 15.7. The van der Waals surface area contributed by atoms with E-state index in [9.17, 15) is 14.7 Å². The number of carboxylic acids is 1. The van der Waals surface area contributed by atoms with Crippen LogP contribution in [0.2, 0.25) is 0 Å². The Morgan fingerprint density at radius 1 is 0.892 bits per heavy atom. The highest BCUT2D eigenvalue weighted by molar-refractivity contribution is 6.03. The lowest BCUT2D eigenvalue weighted by atomic mass is 9.97. The highest BCUT2D eigenvalue weighted by Crippen LogP contribution is 2.35. The van der Waals surface area contributed by atoms with Gasteiger partial charge in [-0.15, -0.1) is 0 Å². The predicted octanol–water partition coefficient (Wildman–Crippen LogP) is 7.13. The number of rotatable bonds is 10. The second-order valence-corrected chi connectivity index (χ2v) is 10.1. The van der Waals surface area contributed by atoms with E-state index in [0.29, 0.717) is 40.1 Å². The minimum Gasteiger partial charge on any atom is -0.497 e. The van der Waals surface area contributed by atoms with Crippen molar-refractivity contribution in [2.45, 2.75) is 34.6 Å². The number of carbonyl (C=O) groups is 2. The lowest BCUT2D eigenvalue weighted by Crippen LogP contribution is -2.32. The highest BCUT2D eigenvalue weighted by Gasteiger charge is 2.19. The topological polar surface area (TPSA) is 90.9 Å². The Bertz CT molecular complexity index is 1230. The van der Waals surface area contributed by atoms with Crippen LogP contribution in [0.5, 0.6) is 5.75 Å². The van der Waals surface area contributed by atoms with Gasteiger partial charge in [-0.25, -0.2) is 9.59 Å². The largest absolute Gasteiger partial charge is 0.497 e. The zero-order valence-corrected chi connectivity index (χ0v) is 22.5. The molecule has 37 heavy (non-hydrogen) atoms. The smallest absolute Gasteiger partial charge is 0.336 e. The fraction of sp³-hybridized carbons (Fsp3) is 0.333. The van der Waals surface area contributed by atoms with E-state index in [0.717, 1.165) is 24.3 Å². The van der Waals surface area contributed by atoms with Crippen molar-refractivity contribution in [1.29, 1.82) is 0 Å². The van der Waals surface area contributed by atoms with Crippen molar-refractivity contribution < 1.29 is 19.4 Å². The molecular formula is C30H37N3O4. The van der Waals surface area contributed by atoms with Crippen LogP contribution in [0.1, 0.15) is 43.6 Å². The molecule has 3 N–H and O–H groups in total. The third kappa shape index (κ3) is 7.49. The summed E-state index contributed by atoms with van der Waals surface area (Å²) in [4.78, 5) is 27.3. The van der Waals surface area contributed by atoms with Gasteiger partial charge in [0.15, 0.2) is 0 Å². The normalized spacial score (nSPS) is 10.9. The number of nitrogens with zero attached hydrogens (tertiary/aromatic N) is 1. The van der Waals surface area contributed by atoms with E-state index in [4.69, 9.17) is 4.74 Å². The molecule has 0 bridgehead atoms. The van der Waals surface area contributed by atoms with Gasteiger partial charge in [-0.1, -0.05) is 51.5 Å². The molecule has 0 heterocycles. The summed E-state index contributed by atoms with van der Waals surface area (Å²) in [5.41, 5.74) is 4.60. The van der Waals surface area contributed by atoms with Crippen LogP contribution in [0.25, 0.3) is 11.1 Å². The molecule has 196 valence electrons. The van der Waals surface area contributed by atoms with Crippen molar-refractivity contribution in [2.75, 3.05) is 35.7 Å². The van der Waals surface area contributed by atoms with Crippen molar-refractivity contribution in [1.82, 2.24) is 0 Å². The molecule has 0 saturated carbocycles. The van der Waals surface area contributed by atoms with E-state index in [-0.39, 0.29) is 11.6 Å². The summed E-state index contributed by atoms with van der Waals surface area (Å²) in [5.74, 6) is 0.334.